The molecule has 1 saturated heterocycles. The number of ether oxygens (including phenoxy) is 1. The van der Waals surface area contributed by atoms with E-state index in [2.05, 4.69) is 26.2 Å². The molecular weight excluding hydrogens is 266 g/mol. The zero-order chi connectivity index (χ0) is 14.8. The highest BCUT2D eigenvalue weighted by Gasteiger charge is 2.28. The van der Waals surface area contributed by atoms with Crippen molar-refractivity contribution < 1.29 is 4.74 Å². The number of nitrogens with zero attached hydrogens (tertiary/aromatic N) is 5. The number of rotatable bonds is 4. The van der Waals surface area contributed by atoms with E-state index in [4.69, 9.17) is 4.74 Å². The van der Waals surface area contributed by atoms with Crippen LogP contribution in [0.2, 0.25) is 0 Å². The summed E-state index contributed by atoms with van der Waals surface area (Å²) in [6.45, 7) is 5.90. The van der Waals surface area contributed by atoms with Crippen LogP contribution in [0, 0.1) is 0 Å². The molecule has 3 rings (SSSR count). The third-order valence-corrected chi connectivity index (χ3v) is 3.68. The third-order valence-electron chi connectivity index (χ3n) is 3.68. The van der Waals surface area contributed by atoms with E-state index < -0.39 is 0 Å². The van der Waals surface area contributed by atoms with Crippen LogP contribution in [-0.4, -0.2) is 38.9 Å². The van der Waals surface area contributed by atoms with Crippen molar-refractivity contribution in [2.75, 3.05) is 18.0 Å². The predicted molar refractivity (Wildman–Crippen MR) is 80.6 cm³/mol. The normalized spacial score (nSPS) is 18.5. The second kappa shape index (κ2) is 5.71. The number of aromatic nitrogens is 4. The molecule has 0 amide bonds. The van der Waals surface area contributed by atoms with Gasteiger partial charge in [-0.25, -0.2) is 9.97 Å². The number of aryl methyl sites for hydroxylation is 1. The van der Waals surface area contributed by atoms with Crippen LogP contribution >= 0.6 is 0 Å². The van der Waals surface area contributed by atoms with Gasteiger partial charge >= 0.3 is 0 Å². The van der Waals surface area contributed by atoms with E-state index in [1.165, 1.54) is 5.56 Å². The number of hydrogen-bond donors (Lipinski definition) is 0. The topological polar surface area (TPSA) is 56.1 Å². The Labute approximate surface area is 124 Å². The van der Waals surface area contributed by atoms with E-state index >= 15 is 0 Å². The molecule has 1 fully saturated rings. The minimum Gasteiger partial charge on any atom is -0.472 e. The van der Waals surface area contributed by atoms with E-state index in [0.29, 0.717) is 11.8 Å². The maximum Gasteiger partial charge on any atom is 0.257 e. The quantitative estimate of drug-likeness (QED) is 0.860. The van der Waals surface area contributed by atoms with Crippen molar-refractivity contribution >= 4 is 5.82 Å². The first-order chi connectivity index (χ1) is 10.1. The van der Waals surface area contributed by atoms with Crippen LogP contribution in [0.25, 0.3) is 0 Å². The van der Waals surface area contributed by atoms with Crippen molar-refractivity contribution in [2.45, 2.75) is 32.3 Å². The van der Waals surface area contributed by atoms with Gasteiger partial charge in [0.1, 0.15) is 0 Å². The lowest BCUT2D eigenvalue weighted by Crippen LogP contribution is -2.22. The van der Waals surface area contributed by atoms with Crippen molar-refractivity contribution in [2.24, 2.45) is 7.05 Å². The first kappa shape index (κ1) is 13.9. The summed E-state index contributed by atoms with van der Waals surface area (Å²) in [4.78, 5) is 11.0. The summed E-state index contributed by atoms with van der Waals surface area (Å²) in [5, 5.41) is 4.26. The van der Waals surface area contributed by atoms with E-state index in [0.717, 1.165) is 25.3 Å². The van der Waals surface area contributed by atoms with Crippen LogP contribution in [0.1, 0.15) is 31.7 Å². The molecule has 21 heavy (non-hydrogen) atoms. The van der Waals surface area contributed by atoms with Crippen LogP contribution < -0.4 is 9.64 Å². The fourth-order valence-electron chi connectivity index (χ4n) is 2.72. The number of anilines is 1. The first-order valence-corrected chi connectivity index (χ1v) is 7.34. The van der Waals surface area contributed by atoms with Gasteiger partial charge in [0.15, 0.2) is 5.82 Å². The Bertz CT molecular complexity index is 610. The summed E-state index contributed by atoms with van der Waals surface area (Å²) in [5.41, 5.74) is 1.29. The molecule has 112 valence electrons. The van der Waals surface area contributed by atoms with Gasteiger partial charge in [0, 0.05) is 44.6 Å². The lowest BCUT2D eigenvalue weighted by molar-refractivity contribution is 0.232. The monoisotopic (exact) mass is 287 g/mol. The summed E-state index contributed by atoms with van der Waals surface area (Å²) in [6.07, 6.45) is 8.64. The number of hydrogen-bond acceptors (Lipinski definition) is 5. The highest BCUT2D eigenvalue weighted by Crippen LogP contribution is 2.33. The van der Waals surface area contributed by atoms with Crippen LogP contribution in [-0.2, 0) is 7.05 Å². The summed E-state index contributed by atoms with van der Waals surface area (Å²) < 4.78 is 7.63. The third kappa shape index (κ3) is 2.99. The van der Waals surface area contributed by atoms with Gasteiger partial charge in [-0.3, -0.25) is 4.68 Å². The fourth-order valence-corrected chi connectivity index (χ4v) is 2.72. The summed E-state index contributed by atoms with van der Waals surface area (Å²) in [6, 6.07) is 0. The van der Waals surface area contributed by atoms with E-state index in [9.17, 15) is 0 Å². The lowest BCUT2D eigenvalue weighted by Gasteiger charge is -2.20. The van der Waals surface area contributed by atoms with Crippen LogP contribution in [0.5, 0.6) is 5.88 Å². The molecule has 0 aliphatic carbocycles. The Morgan fingerprint density at radius 3 is 2.81 bits per heavy atom. The fraction of sp³-hybridized carbons (Fsp3) is 0.533. The summed E-state index contributed by atoms with van der Waals surface area (Å²) >= 11 is 0. The van der Waals surface area contributed by atoms with Crippen LogP contribution in [0.15, 0.2) is 24.8 Å². The average Bonchev–Trinajstić information content (AvgIpc) is 3.07. The Morgan fingerprint density at radius 1 is 1.29 bits per heavy atom. The van der Waals surface area contributed by atoms with Gasteiger partial charge in [-0.1, -0.05) is 0 Å². The standard InChI is InChI=1S/C15H21N5O/c1-11(2)21-15-14(16-5-6-17-15)20-7-4-12(10-20)13-8-18-19(3)9-13/h5-6,8-9,11-12H,4,7,10H2,1-3H3. The molecule has 1 unspecified atom stereocenters. The van der Waals surface area contributed by atoms with Gasteiger partial charge in [-0.15, -0.1) is 0 Å². The molecule has 3 heterocycles. The Morgan fingerprint density at radius 2 is 2.10 bits per heavy atom. The van der Waals surface area contributed by atoms with Gasteiger partial charge < -0.3 is 9.64 Å². The predicted octanol–water partition coefficient (Wildman–Crippen LogP) is 1.99. The highest BCUT2D eigenvalue weighted by molar-refractivity contribution is 5.49. The van der Waals surface area contributed by atoms with Crippen LogP contribution in [0.3, 0.4) is 0 Å². The molecule has 1 aliphatic rings. The van der Waals surface area contributed by atoms with Gasteiger partial charge in [-0.2, -0.15) is 5.10 Å². The molecule has 0 saturated carbocycles. The van der Waals surface area contributed by atoms with E-state index in [1.807, 2.05) is 31.8 Å². The van der Waals surface area contributed by atoms with Gasteiger partial charge in [0.25, 0.3) is 5.88 Å². The second-order valence-corrected chi connectivity index (χ2v) is 5.73. The largest absolute Gasteiger partial charge is 0.472 e. The zero-order valence-electron chi connectivity index (χ0n) is 12.7. The van der Waals surface area contributed by atoms with Crippen molar-refractivity contribution in [1.29, 1.82) is 0 Å². The Hall–Kier alpha value is -2.11. The summed E-state index contributed by atoms with van der Waals surface area (Å²) in [5.74, 6) is 1.96. The van der Waals surface area contributed by atoms with Crippen molar-refractivity contribution in [3.8, 4) is 5.88 Å². The maximum absolute atomic E-state index is 5.77. The Kier molecular flexibility index (Phi) is 3.77. The second-order valence-electron chi connectivity index (χ2n) is 5.73. The molecule has 1 atom stereocenters. The minimum absolute atomic E-state index is 0.0946. The average molecular weight is 287 g/mol. The van der Waals surface area contributed by atoms with Crippen molar-refractivity contribution in [1.82, 2.24) is 19.7 Å². The summed E-state index contributed by atoms with van der Waals surface area (Å²) in [7, 11) is 1.95. The minimum atomic E-state index is 0.0946. The van der Waals surface area contributed by atoms with Gasteiger partial charge in [0.05, 0.1) is 12.3 Å². The van der Waals surface area contributed by atoms with Gasteiger partial charge in [0.2, 0.25) is 0 Å². The van der Waals surface area contributed by atoms with E-state index in [-0.39, 0.29) is 6.10 Å². The molecule has 0 spiro atoms. The lowest BCUT2D eigenvalue weighted by atomic mass is 10.0. The molecule has 2 aromatic heterocycles. The Balaban J connectivity index is 1.77. The molecule has 0 N–H and O–H groups in total. The maximum atomic E-state index is 5.77. The molecule has 0 bridgehead atoms. The smallest absolute Gasteiger partial charge is 0.257 e. The van der Waals surface area contributed by atoms with Gasteiger partial charge in [-0.05, 0) is 25.8 Å². The molecule has 0 radical (unpaired) electrons. The van der Waals surface area contributed by atoms with Crippen molar-refractivity contribution in [3.63, 3.8) is 0 Å². The molecule has 6 heteroatoms. The molecule has 6 nitrogen and oxygen atoms in total. The highest BCUT2D eigenvalue weighted by atomic mass is 16.5. The van der Waals surface area contributed by atoms with Crippen molar-refractivity contribution in [3.05, 3.63) is 30.4 Å². The molecule has 1 aliphatic heterocycles. The SMILES string of the molecule is CC(C)Oc1nccnc1N1CCC(c2cnn(C)c2)C1. The molecule has 0 aromatic carbocycles. The van der Waals surface area contributed by atoms with Crippen LogP contribution in [0.4, 0.5) is 5.82 Å². The van der Waals surface area contributed by atoms with E-state index in [1.54, 1.807) is 12.4 Å². The molecule has 2 aromatic rings. The first-order valence-electron chi connectivity index (χ1n) is 7.34. The zero-order valence-corrected chi connectivity index (χ0v) is 12.7. The molecular formula is C15H21N5O.